The normalized spacial score (nSPS) is 11.0. The lowest BCUT2D eigenvalue weighted by Gasteiger charge is -2.11. The van der Waals surface area contributed by atoms with Crippen molar-refractivity contribution in [1.82, 2.24) is 19.9 Å². The first-order valence-electron chi connectivity index (χ1n) is 10.5. The van der Waals surface area contributed by atoms with Gasteiger partial charge in [0.25, 0.3) is 0 Å². The molecular formula is C26H20FN5O. The Morgan fingerprint density at radius 1 is 0.939 bits per heavy atom. The fourth-order valence-electron chi connectivity index (χ4n) is 3.77. The largest absolute Gasteiger partial charge is 0.365 e. The molecule has 4 aromatic heterocycles. The summed E-state index contributed by atoms with van der Waals surface area (Å²) in [6, 6.07) is 15.9. The molecular weight excluding hydrogens is 417 g/mol. The van der Waals surface area contributed by atoms with E-state index >= 15 is 0 Å². The van der Waals surface area contributed by atoms with Crippen molar-refractivity contribution in [1.29, 1.82) is 0 Å². The third-order valence-corrected chi connectivity index (χ3v) is 5.42. The van der Waals surface area contributed by atoms with E-state index in [0.29, 0.717) is 23.5 Å². The van der Waals surface area contributed by atoms with Gasteiger partial charge in [0, 0.05) is 59.6 Å². The van der Waals surface area contributed by atoms with Crippen LogP contribution in [-0.4, -0.2) is 19.9 Å². The molecule has 4 heterocycles. The number of halogens is 1. The lowest BCUT2D eigenvalue weighted by molar-refractivity contribution is 0.629. The second-order valence-electron chi connectivity index (χ2n) is 7.75. The van der Waals surface area contributed by atoms with Crippen LogP contribution in [0.3, 0.4) is 0 Å². The molecule has 5 aromatic rings. The molecule has 33 heavy (non-hydrogen) atoms. The Morgan fingerprint density at radius 3 is 2.64 bits per heavy atom. The molecule has 0 unspecified atom stereocenters. The van der Waals surface area contributed by atoms with Crippen molar-refractivity contribution in [2.45, 2.75) is 13.5 Å². The molecule has 0 aliphatic heterocycles. The number of fused-ring (bicyclic) bond motifs is 1. The van der Waals surface area contributed by atoms with E-state index in [4.69, 9.17) is 0 Å². The topological polar surface area (TPSA) is 83.6 Å². The maximum atomic E-state index is 14.7. The van der Waals surface area contributed by atoms with Gasteiger partial charge >= 0.3 is 0 Å². The fourth-order valence-corrected chi connectivity index (χ4v) is 3.77. The lowest BCUT2D eigenvalue weighted by atomic mass is 10.0. The molecule has 0 aliphatic carbocycles. The first kappa shape index (κ1) is 20.5. The summed E-state index contributed by atoms with van der Waals surface area (Å²) in [5, 5.41) is 5.17. The van der Waals surface area contributed by atoms with Crippen molar-refractivity contribution < 1.29 is 4.39 Å². The number of H-pyrrole nitrogens is 1. The van der Waals surface area contributed by atoms with Gasteiger partial charge in [-0.1, -0.05) is 12.1 Å². The third-order valence-electron chi connectivity index (χ3n) is 5.42. The van der Waals surface area contributed by atoms with E-state index < -0.39 is 0 Å². The number of aromatic amines is 1. The standard InChI is InChI=1S/C26H20FN5O/c1-16-10-20(6-7-28-16)24-12-18-5-9-30-26(22(18)15-31-24)32-14-17-2-3-21(23(27)11-17)19-4-8-29-25(33)13-19/h2-13,15H,14H2,1H3,(H,29,33)(H,30,32). The van der Waals surface area contributed by atoms with Crippen molar-refractivity contribution >= 4 is 16.6 Å². The highest BCUT2D eigenvalue weighted by molar-refractivity contribution is 5.93. The van der Waals surface area contributed by atoms with Crippen LogP contribution in [0.5, 0.6) is 0 Å². The van der Waals surface area contributed by atoms with Gasteiger partial charge in [0.1, 0.15) is 11.6 Å². The van der Waals surface area contributed by atoms with Crippen molar-refractivity contribution in [3.05, 3.63) is 107 Å². The Kier molecular flexibility index (Phi) is 5.36. The Labute approximate surface area is 189 Å². The molecule has 0 radical (unpaired) electrons. The molecule has 0 saturated carbocycles. The zero-order chi connectivity index (χ0) is 22.8. The number of benzene rings is 1. The monoisotopic (exact) mass is 437 g/mol. The highest BCUT2D eigenvalue weighted by Gasteiger charge is 2.09. The minimum Gasteiger partial charge on any atom is -0.365 e. The first-order chi connectivity index (χ1) is 16.1. The molecule has 1 aromatic carbocycles. The van der Waals surface area contributed by atoms with Gasteiger partial charge in [-0.25, -0.2) is 9.37 Å². The van der Waals surface area contributed by atoms with Crippen molar-refractivity contribution in [3.63, 3.8) is 0 Å². The van der Waals surface area contributed by atoms with Crippen molar-refractivity contribution in [3.8, 4) is 22.4 Å². The van der Waals surface area contributed by atoms with E-state index in [1.54, 1.807) is 30.7 Å². The second-order valence-corrected chi connectivity index (χ2v) is 7.75. The van der Waals surface area contributed by atoms with Gasteiger partial charge in [0.15, 0.2) is 0 Å². The second kappa shape index (κ2) is 8.63. The number of aromatic nitrogens is 4. The molecule has 7 heteroatoms. The minimum absolute atomic E-state index is 0.268. The molecule has 2 N–H and O–H groups in total. The summed E-state index contributed by atoms with van der Waals surface area (Å²) in [4.78, 5) is 27.3. The highest BCUT2D eigenvalue weighted by atomic mass is 19.1. The SMILES string of the molecule is Cc1cc(-c2cc3ccnc(NCc4ccc(-c5cc[nH]c(=O)c5)c(F)c4)c3cn2)ccn1. The van der Waals surface area contributed by atoms with E-state index in [1.165, 1.54) is 18.3 Å². The Morgan fingerprint density at radius 2 is 1.82 bits per heavy atom. The van der Waals surface area contributed by atoms with Crippen LogP contribution in [0.1, 0.15) is 11.3 Å². The van der Waals surface area contributed by atoms with Gasteiger partial charge in [-0.15, -0.1) is 0 Å². The van der Waals surface area contributed by atoms with Crippen LogP contribution in [0, 0.1) is 12.7 Å². The zero-order valence-electron chi connectivity index (χ0n) is 17.8. The zero-order valence-corrected chi connectivity index (χ0v) is 17.8. The van der Waals surface area contributed by atoms with Crippen LogP contribution in [0.25, 0.3) is 33.2 Å². The molecule has 0 saturated heterocycles. The molecule has 0 aliphatic rings. The van der Waals surface area contributed by atoms with E-state index in [0.717, 1.165) is 33.3 Å². The number of rotatable bonds is 5. The summed E-state index contributed by atoms with van der Waals surface area (Å²) in [6.07, 6.45) is 6.82. The number of pyridine rings is 4. The Bertz CT molecular complexity index is 1530. The average Bonchev–Trinajstić information content (AvgIpc) is 2.82. The predicted molar refractivity (Wildman–Crippen MR) is 127 cm³/mol. The fraction of sp³-hybridized carbons (Fsp3) is 0.0769. The number of nitrogens with one attached hydrogen (secondary N) is 2. The smallest absolute Gasteiger partial charge is 0.248 e. The number of hydrogen-bond acceptors (Lipinski definition) is 5. The predicted octanol–water partition coefficient (Wildman–Crippen LogP) is 5.11. The quantitative estimate of drug-likeness (QED) is 0.399. The Hall–Kier alpha value is -4.39. The van der Waals surface area contributed by atoms with Gasteiger partial charge in [-0.2, -0.15) is 0 Å². The maximum absolute atomic E-state index is 14.7. The summed E-state index contributed by atoms with van der Waals surface area (Å²) < 4.78 is 14.7. The summed E-state index contributed by atoms with van der Waals surface area (Å²) in [5.41, 5.74) is 4.22. The van der Waals surface area contributed by atoms with E-state index in [1.807, 2.05) is 37.3 Å². The number of hydrogen-bond donors (Lipinski definition) is 2. The first-order valence-corrected chi connectivity index (χ1v) is 10.5. The lowest BCUT2D eigenvalue weighted by Crippen LogP contribution is -2.04. The van der Waals surface area contributed by atoms with Crippen LogP contribution < -0.4 is 10.9 Å². The Balaban J connectivity index is 1.38. The molecule has 0 bridgehead atoms. The summed E-state index contributed by atoms with van der Waals surface area (Å²) >= 11 is 0. The highest BCUT2D eigenvalue weighted by Crippen LogP contribution is 2.27. The van der Waals surface area contributed by atoms with E-state index in [2.05, 4.69) is 25.3 Å². The molecule has 6 nitrogen and oxygen atoms in total. The van der Waals surface area contributed by atoms with Crippen LogP contribution in [-0.2, 0) is 6.54 Å². The minimum atomic E-state index is -0.385. The molecule has 0 amide bonds. The van der Waals surface area contributed by atoms with E-state index in [9.17, 15) is 9.18 Å². The summed E-state index contributed by atoms with van der Waals surface area (Å²) in [6.45, 7) is 2.34. The van der Waals surface area contributed by atoms with Crippen LogP contribution in [0.2, 0.25) is 0 Å². The van der Waals surface area contributed by atoms with Crippen molar-refractivity contribution in [2.24, 2.45) is 0 Å². The van der Waals surface area contributed by atoms with Gasteiger partial charge in [0.05, 0.1) is 5.69 Å². The van der Waals surface area contributed by atoms with Crippen molar-refractivity contribution in [2.75, 3.05) is 5.32 Å². The molecule has 0 fully saturated rings. The molecule has 0 atom stereocenters. The average molecular weight is 437 g/mol. The van der Waals surface area contributed by atoms with E-state index in [-0.39, 0.29) is 11.4 Å². The van der Waals surface area contributed by atoms with Gasteiger partial charge in [0.2, 0.25) is 5.56 Å². The van der Waals surface area contributed by atoms with Crippen LogP contribution >= 0.6 is 0 Å². The maximum Gasteiger partial charge on any atom is 0.248 e. The molecule has 0 spiro atoms. The van der Waals surface area contributed by atoms with Gasteiger partial charge in [-0.3, -0.25) is 14.8 Å². The summed E-state index contributed by atoms with van der Waals surface area (Å²) in [7, 11) is 0. The van der Waals surface area contributed by atoms with Crippen LogP contribution in [0.15, 0.2) is 84.2 Å². The van der Waals surface area contributed by atoms with Crippen LogP contribution in [0.4, 0.5) is 10.2 Å². The van der Waals surface area contributed by atoms with Gasteiger partial charge < -0.3 is 10.3 Å². The summed E-state index contributed by atoms with van der Waals surface area (Å²) in [5.74, 6) is 0.293. The third kappa shape index (κ3) is 4.34. The number of anilines is 1. The number of nitrogens with zero attached hydrogens (tertiary/aromatic N) is 3. The molecule has 162 valence electrons. The van der Waals surface area contributed by atoms with Gasteiger partial charge in [-0.05, 0) is 59.8 Å². The number of aryl methyl sites for hydroxylation is 1. The molecule has 5 rings (SSSR count).